The summed E-state index contributed by atoms with van der Waals surface area (Å²) < 4.78 is 2.13. The minimum absolute atomic E-state index is 0.761. The van der Waals surface area contributed by atoms with E-state index in [0.29, 0.717) is 0 Å². The quantitative estimate of drug-likeness (QED) is 0.506. The third kappa shape index (κ3) is 6.37. The highest BCUT2D eigenvalue weighted by Gasteiger charge is 2.11. The summed E-state index contributed by atoms with van der Waals surface area (Å²) in [6, 6.07) is 6.07. The molecular weight excluding hydrogens is 358 g/mol. The molecule has 0 aliphatic heterocycles. The molecule has 0 radical (unpaired) electrons. The first-order valence-corrected chi connectivity index (χ1v) is 10.8. The van der Waals surface area contributed by atoms with E-state index in [2.05, 4.69) is 53.6 Å². The van der Waals surface area contributed by atoms with Crippen molar-refractivity contribution in [3.05, 3.63) is 23.2 Å². The van der Waals surface area contributed by atoms with Gasteiger partial charge in [-0.1, -0.05) is 39.3 Å². The molecular formula is C21H36ClN5. The maximum absolute atomic E-state index is 6.25. The topological polar surface area (TPSA) is 36.3 Å². The van der Waals surface area contributed by atoms with Gasteiger partial charge in [0, 0.05) is 23.5 Å². The van der Waals surface area contributed by atoms with E-state index in [1.165, 1.54) is 0 Å². The second-order valence-electron chi connectivity index (χ2n) is 6.92. The fraction of sp³-hybridized carbons (Fsp3) is 0.667. The van der Waals surface area contributed by atoms with Crippen molar-refractivity contribution in [1.82, 2.24) is 19.6 Å². The largest absolute Gasteiger partial charge is 0.368 e. The number of hydrogen-bond donors (Lipinski definition) is 1. The summed E-state index contributed by atoms with van der Waals surface area (Å²) in [7, 11) is 0. The molecule has 1 aromatic heterocycles. The molecule has 0 bridgehead atoms. The van der Waals surface area contributed by atoms with E-state index in [4.69, 9.17) is 16.7 Å². The maximum Gasteiger partial charge on any atom is 0.156 e. The van der Waals surface area contributed by atoms with Crippen molar-refractivity contribution < 1.29 is 0 Å². The van der Waals surface area contributed by atoms with Crippen molar-refractivity contribution in [2.24, 2.45) is 0 Å². The highest BCUT2D eigenvalue weighted by molar-refractivity contribution is 6.31. The van der Waals surface area contributed by atoms with Gasteiger partial charge in [0.1, 0.15) is 0 Å². The van der Waals surface area contributed by atoms with E-state index < -0.39 is 0 Å². The van der Waals surface area contributed by atoms with E-state index in [1.54, 1.807) is 0 Å². The number of hydrogen-bond acceptors (Lipinski definition) is 4. The molecule has 27 heavy (non-hydrogen) atoms. The molecule has 0 amide bonds. The van der Waals surface area contributed by atoms with Crippen LogP contribution in [0.2, 0.25) is 5.02 Å². The molecule has 0 saturated carbocycles. The first kappa shape index (κ1) is 22.0. The van der Waals surface area contributed by atoms with E-state index in [0.717, 1.165) is 86.9 Å². The molecule has 0 spiro atoms. The van der Waals surface area contributed by atoms with Gasteiger partial charge >= 0.3 is 0 Å². The Bertz CT molecular complexity index is 677. The smallest absolute Gasteiger partial charge is 0.156 e. The van der Waals surface area contributed by atoms with Crippen LogP contribution in [0.3, 0.4) is 0 Å². The molecule has 0 saturated heterocycles. The van der Waals surface area contributed by atoms with Gasteiger partial charge in [0.05, 0.1) is 5.52 Å². The van der Waals surface area contributed by atoms with Crippen LogP contribution in [0.15, 0.2) is 18.2 Å². The van der Waals surface area contributed by atoms with Gasteiger partial charge < -0.3 is 15.1 Å². The molecule has 5 nitrogen and oxygen atoms in total. The molecule has 0 aliphatic rings. The molecule has 0 fully saturated rings. The Labute approximate surface area is 169 Å². The van der Waals surface area contributed by atoms with E-state index >= 15 is 0 Å². The SMILES string of the molecule is CCN(CC)CCCNc1nn(CCCN(CC)CC)c2ccc(Cl)cc12. The Hall–Kier alpha value is -1.30. The van der Waals surface area contributed by atoms with Crippen molar-refractivity contribution in [3.8, 4) is 0 Å². The number of anilines is 1. The third-order valence-corrected chi connectivity index (χ3v) is 5.52. The molecule has 1 heterocycles. The number of halogens is 1. The summed E-state index contributed by atoms with van der Waals surface area (Å²) in [6.45, 7) is 17.4. The number of aryl methyl sites for hydroxylation is 1. The molecule has 0 aliphatic carbocycles. The van der Waals surface area contributed by atoms with Crippen LogP contribution in [0.25, 0.3) is 10.9 Å². The molecule has 6 heteroatoms. The summed E-state index contributed by atoms with van der Waals surface area (Å²) in [5.41, 5.74) is 1.16. The molecule has 152 valence electrons. The van der Waals surface area contributed by atoms with Gasteiger partial charge in [0.2, 0.25) is 0 Å². The van der Waals surface area contributed by atoms with Gasteiger partial charge in [-0.05, 0) is 70.3 Å². The van der Waals surface area contributed by atoms with Crippen molar-refractivity contribution >= 4 is 28.3 Å². The molecule has 0 unspecified atom stereocenters. The number of benzene rings is 1. The summed E-state index contributed by atoms with van der Waals surface area (Å²) in [5.74, 6) is 0.954. The summed E-state index contributed by atoms with van der Waals surface area (Å²) in [5, 5.41) is 10.3. The molecule has 2 rings (SSSR count). The minimum atomic E-state index is 0.761. The van der Waals surface area contributed by atoms with Crippen LogP contribution in [0.4, 0.5) is 5.82 Å². The van der Waals surface area contributed by atoms with E-state index in [-0.39, 0.29) is 0 Å². The second kappa shape index (κ2) is 11.5. The normalized spacial score (nSPS) is 11.8. The second-order valence-corrected chi connectivity index (χ2v) is 7.36. The maximum atomic E-state index is 6.25. The van der Waals surface area contributed by atoms with Crippen LogP contribution >= 0.6 is 11.6 Å². The monoisotopic (exact) mass is 393 g/mol. The van der Waals surface area contributed by atoms with Gasteiger partial charge in [0.15, 0.2) is 5.82 Å². The zero-order valence-electron chi connectivity index (χ0n) is 17.5. The Kier molecular flexibility index (Phi) is 9.39. The predicted octanol–water partition coefficient (Wildman–Crippen LogP) is 4.57. The van der Waals surface area contributed by atoms with Gasteiger partial charge in [-0.15, -0.1) is 0 Å². The highest BCUT2D eigenvalue weighted by Crippen LogP contribution is 2.26. The van der Waals surface area contributed by atoms with Gasteiger partial charge in [-0.25, -0.2) is 0 Å². The lowest BCUT2D eigenvalue weighted by atomic mass is 10.2. The number of fused-ring (bicyclic) bond motifs is 1. The van der Waals surface area contributed by atoms with Crippen molar-refractivity contribution in [3.63, 3.8) is 0 Å². The summed E-state index contributed by atoms with van der Waals surface area (Å²) >= 11 is 6.25. The molecule has 1 aromatic carbocycles. The fourth-order valence-electron chi connectivity index (χ4n) is 3.49. The lowest BCUT2D eigenvalue weighted by Crippen LogP contribution is -2.25. The predicted molar refractivity (Wildman–Crippen MR) is 118 cm³/mol. The van der Waals surface area contributed by atoms with Crippen LogP contribution in [-0.4, -0.2) is 65.4 Å². The lowest BCUT2D eigenvalue weighted by molar-refractivity contribution is 0.292. The van der Waals surface area contributed by atoms with Crippen LogP contribution in [0.1, 0.15) is 40.5 Å². The van der Waals surface area contributed by atoms with Crippen LogP contribution in [-0.2, 0) is 6.54 Å². The van der Waals surface area contributed by atoms with Crippen molar-refractivity contribution in [2.45, 2.75) is 47.1 Å². The summed E-state index contributed by atoms with van der Waals surface area (Å²) in [4.78, 5) is 4.90. The van der Waals surface area contributed by atoms with Crippen molar-refractivity contribution in [2.75, 3.05) is 51.1 Å². The lowest BCUT2D eigenvalue weighted by Gasteiger charge is -2.17. The first-order chi connectivity index (χ1) is 13.1. The zero-order valence-corrected chi connectivity index (χ0v) is 18.2. The molecule has 2 aromatic rings. The van der Waals surface area contributed by atoms with Crippen LogP contribution in [0.5, 0.6) is 0 Å². The Balaban J connectivity index is 2.02. The van der Waals surface area contributed by atoms with Gasteiger partial charge in [0.25, 0.3) is 0 Å². The number of nitrogens with zero attached hydrogens (tertiary/aromatic N) is 4. The Morgan fingerprint density at radius 1 is 0.963 bits per heavy atom. The van der Waals surface area contributed by atoms with Gasteiger partial charge in [-0.2, -0.15) is 5.10 Å². The molecule has 0 atom stereocenters. The van der Waals surface area contributed by atoms with Crippen LogP contribution < -0.4 is 5.32 Å². The third-order valence-electron chi connectivity index (χ3n) is 5.29. The average Bonchev–Trinajstić information content (AvgIpc) is 3.02. The zero-order chi connectivity index (χ0) is 19.6. The van der Waals surface area contributed by atoms with E-state index in [1.807, 2.05) is 12.1 Å². The Morgan fingerprint density at radius 3 is 2.22 bits per heavy atom. The average molecular weight is 394 g/mol. The van der Waals surface area contributed by atoms with Gasteiger partial charge in [-0.3, -0.25) is 4.68 Å². The Morgan fingerprint density at radius 2 is 1.59 bits per heavy atom. The highest BCUT2D eigenvalue weighted by atomic mass is 35.5. The number of rotatable bonds is 13. The van der Waals surface area contributed by atoms with Crippen LogP contribution in [0, 0.1) is 0 Å². The van der Waals surface area contributed by atoms with E-state index in [9.17, 15) is 0 Å². The first-order valence-electron chi connectivity index (χ1n) is 10.5. The number of nitrogens with one attached hydrogen (secondary N) is 1. The van der Waals surface area contributed by atoms with Crippen molar-refractivity contribution in [1.29, 1.82) is 0 Å². The summed E-state index contributed by atoms with van der Waals surface area (Å²) in [6.07, 6.45) is 2.21. The minimum Gasteiger partial charge on any atom is -0.368 e. The number of aromatic nitrogens is 2. The fourth-order valence-corrected chi connectivity index (χ4v) is 3.66. The standard InChI is InChI=1S/C21H36ClN5/c1-5-25(6-2)14-9-13-23-21-19-17-18(22)11-12-20(19)27(24-21)16-10-15-26(7-3)8-4/h11-12,17H,5-10,13-16H2,1-4H3,(H,23,24). The molecule has 1 N–H and O–H groups in total.